The number of aliphatic imine (C=N–C) groups is 1. The summed E-state index contributed by atoms with van der Waals surface area (Å²) in [5, 5.41) is 19.5. The number of phenols is 2. The molecule has 0 aliphatic heterocycles. The lowest BCUT2D eigenvalue weighted by molar-refractivity contribution is 0.104. The van der Waals surface area contributed by atoms with E-state index in [-0.39, 0.29) is 17.3 Å². The van der Waals surface area contributed by atoms with Crippen LogP contribution in [0.4, 0.5) is 5.69 Å². The highest BCUT2D eigenvalue weighted by Gasteiger charge is 2.07. The Hall–Kier alpha value is -3.86. The topological polar surface area (TPSA) is 79.1 Å². The number of rotatable bonds is 19. The number of nitrogens with zero attached hydrogens (tertiary/aromatic N) is 1. The third kappa shape index (κ3) is 11.9. The first-order valence-corrected chi connectivity index (χ1v) is 15.6. The van der Waals surface area contributed by atoms with Gasteiger partial charge in [0.15, 0.2) is 5.78 Å². The van der Waals surface area contributed by atoms with Gasteiger partial charge >= 0.3 is 0 Å². The Morgan fingerprint density at radius 2 is 1.36 bits per heavy atom. The maximum atomic E-state index is 12.7. The molecule has 5 nitrogen and oxygen atoms in total. The molecule has 0 spiro atoms. The molecule has 3 aromatic carbocycles. The first-order chi connectivity index (χ1) is 20.5. The number of benzene rings is 3. The molecular weight excluding hydrogens is 522 g/mol. The standard InChI is InChI=1S/C37H47NO4/c1-3-4-5-6-7-8-9-10-11-12-13-14-27-42-34-23-15-30(16-24-34)17-26-36(40)31-18-20-32(21-19-31)38-29(2)35-25-22-33(39)28-37(35)41/h15-26,28,39,41H,3-14,27H2,1-2H3/b26-17+,38-29?. The molecule has 0 bridgehead atoms. The van der Waals surface area contributed by atoms with Gasteiger partial charge in [0.1, 0.15) is 17.2 Å². The molecule has 3 rings (SSSR count). The Morgan fingerprint density at radius 1 is 0.762 bits per heavy atom. The number of carbonyl (C=O) groups excluding carboxylic acids is 1. The summed E-state index contributed by atoms with van der Waals surface area (Å²) in [6.45, 7) is 4.79. The number of carbonyl (C=O) groups is 1. The molecule has 0 saturated heterocycles. The molecule has 3 aromatic rings. The van der Waals surface area contributed by atoms with E-state index >= 15 is 0 Å². The summed E-state index contributed by atoms with van der Waals surface area (Å²) in [6, 6.07) is 19.2. The number of ether oxygens (including phenoxy) is 1. The maximum absolute atomic E-state index is 12.7. The smallest absolute Gasteiger partial charge is 0.185 e. The first kappa shape index (κ1) is 32.7. The van der Waals surface area contributed by atoms with Crippen LogP contribution < -0.4 is 4.74 Å². The highest BCUT2D eigenvalue weighted by Crippen LogP contribution is 2.25. The molecule has 0 heterocycles. The van der Waals surface area contributed by atoms with E-state index in [1.54, 1.807) is 49.4 Å². The Balaban J connectivity index is 1.34. The largest absolute Gasteiger partial charge is 0.508 e. The number of ketones is 1. The number of hydrogen-bond donors (Lipinski definition) is 2. The predicted molar refractivity (Wildman–Crippen MR) is 174 cm³/mol. The average molecular weight is 570 g/mol. The molecule has 0 saturated carbocycles. The lowest BCUT2D eigenvalue weighted by Crippen LogP contribution is -1.97. The van der Waals surface area contributed by atoms with Crippen molar-refractivity contribution in [1.82, 2.24) is 0 Å². The summed E-state index contributed by atoms with van der Waals surface area (Å²) in [6.07, 6.45) is 19.4. The van der Waals surface area contributed by atoms with Crippen LogP contribution >= 0.6 is 0 Å². The summed E-state index contributed by atoms with van der Waals surface area (Å²) < 4.78 is 5.90. The molecule has 42 heavy (non-hydrogen) atoms. The number of hydrogen-bond acceptors (Lipinski definition) is 5. The van der Waals surface area contributed by atoms with Crippen molar-refractivity contribution >= 4 is 23.3 Å². The van der Waals surface area contributed by atoms with Crippen LogP contribution in [0.5, 0.6) is 17.2 Å². The van der Waals surface area contributed by atoms with Crippen molar-refractivity contribution in [2.45, 2.75) is 90.9 Å². The van der Waals surface area contributed by atoms with Crippen LogP contribution in [-0.2, 0) is 0 Å². The highest BCUT2D eigenvalue weighted by molar-refractivity contribution is 6.07. The zero-order chi connectivity index (χ0) is 30.0. The van der Waals surface area contributed by atoms with Gasteiger partial charge in [-0.15, -0.1) is 0 Å². The normalized spacial score (nSPS) is 11.7. The number of allylic oxidation sites excluding steroid dienone is 1. The lowest BCUT2D eigenvalue weighted by atomic mass is 10.1. The summed E-state index contributed by atoms with van der Waals surface area (Å²) >= 11 is 0. The van der Waals surface area contributed by atoms with E-state index in [2.05, 4.69) is 11.9 Å². The number of phenolic OH excluding ortho intramolecular Hbond substituents is 2. The minimum atomic E-state index is -0.0919. The molecule has 0 aliphatic carbocycles. The predicted octanol–water partition coefficient (Wildman–Crippen LogP) is 10.2. The molecule has 5 heteroatoms. The Morgan fingerprint density at radius 3 is 1.95 bits per heavy atom. The minimum Gasteiger partial charge on any atom is -0.508 e. The van der Waals surface area contributed by atoms with Crippen molar-refractivity contribution in [3.05, 3.63) is 89.5 Å². The Labute approximate surface area is 252 Å². The first-order valence-electron chi connectivity index (χ1n) is 15.6. The fourth-order valence-electron chi connectivity index (χ4n) is 4.86. The summed E-state index contributed by atoms with van der Waals surface area (Å²) in [7, 11) is 0. The lowest BCUT2D eigenvalue weighted by Gasteiger charge is -2.07. The highest BCUT2D eigenvalue weighted by atomic mass is 16.5. The summed E-state index contributed by atoms with van der Waals surface area (Å²) in [4.78, 5) is 17.2. The van der Waals surface area contributed by atoms with Gasteiger partial charge in [-0.1, -0.05) is 95.8 Å². The third-order valence-corrected chi connectivity index (χ3v) is 7.39. The fraction of sp³-hybridized carbons (Fsp3) is 0.405. The molecule has 0 aliphatic rings. The quantitative estimate of drug-likeness (QED) is 0.0651. The molecule has 0 aromatic heterocycles. The molecule has 224 valence electrons. The molecule has 0 fully saturated rings. The summed E-state index contributed by atoms with van der Waals surface area (Å²) in [5.41, 5.74) is 3.31. The van der Waals surface area contributed by atoms with Gasteiger partial charge in [0.05, 0.1) is 12.3 Å². The van der Waals surface area contributed by atoms with Gasteiger partial charge < -0.3 is 14.9 Å². The average Bonchev–Trinajstić information content (AvgIpc) is 2.99. The maximum Gasteiger partial charge on any atom is 0.185 e. The molecule has 0 atom stereocenters. The minimum absolute atomic E-state index is 0.00531. The van der Waals surface area contributed by atoms with E-state index in [9.17, 15) is 15.0 Å². The fourth-order valence-corrected chi connectivity index (χ4v) is 4.86. The van der Waals surface area contributed by atoms with Gasteiger partial charge in [-0.25, -0.2) is 0 Å². The van der Waals surface area contributed by atoms with Crippen molar-refractivity contribution < 1.29 is 19.7 Å². The van der Waals surface area contributed by atoms with Gasteiger partial charge in [0, 0.05) is 22.9 Å². The molecule has 0 amide bonds. The van der Waals surface area contributed by atoms with Crippen molar-refractivity contribution in [1.29, 1.82) is 0 Å². The number of unbranched alkanes of at least 4 members (excludes halogenated alkanes) is 11. The van der Waals surface area contributed by atoms with E-state index in [1.165, 1.54) is 82.8 Å². The van der Waals surface area contributed by atoms with Gasteiger partial charge in [0.25, 0.3) is 0 Å². The van der Waals surface area contributed by atoms with E-state index in [0.29, 0.717) is 22.5 Å². The summed E-state index contributed by atoms with van der Waals surface area (Å²) in [5.74, 6) is 0.723. The van der Waals surface area contributed by atoms with Gasteiger partial charge in [-0.05, 0) is 73.5 Å². The third-order valence-electron chi connectivity index (χ3n) is 7.39. The van der Waals surface area contributed by atoms with E-state index in [4.69, 9.17) is 4.74 Å². The van der Waals surface area contributed by atoms with Crippen LogP contribution in [0.3, 0.4) is 0 Å². The van der Waals surface area contributed by atoms with Crippen LogP contribution in [0.2, 0.25) is 0 Å². The van der Waals surface area contributed by atoms with Gasteiger partial charge in [0.2, 0.25) is 0 Å². The molecule has 0 unspecified atom stereocenters. The monoisotopic (exact) mass is 569 g/mol. The zero-order valence-electron chi connectivity index (χ0n) is 25.4. The number of aromatic hydroxyl groups is 2. The SMILES string of the molecule is CCCCCCCCCCCCCCOc1ccc(/C=C/C(=O)c2ccc(N=C(C)c3ccc(O)cc3O)cc2)cc1. The van der Waals surface area contributed by atoms with E-state index < -0.39 is 0 Å². The van der Waals surface area contributed by atoms with Crippen molar-refractivity contribution in [3.8, 4) is 17.2 Å². The zero-order valence-corrected chi connectivity index (χ0v) is 25.4. The van der Waals surface area contributed by atoms with Crippen LogP contribution in [0.1, 0.15) is 112 Å². The molecule has 2 N–H and O–H groups in total. The van der Waals surface area contributed by atoms with Crippen molar-refractivity contribution in [2.75, 3.05) is 6.61 Å². The second-order valence-electron chi connectivity index (χ2n) is 10.9. The Kier molecular flexibility index (Phi) is 14.4. The van der Waals surface area contributed by atoms with E-state index in [1.807, 2.05) is 24.3 Å². The Bertz CT molecular complexity index is 1280. The van der Waals surface area contributed by atoms with Crippen LogP contribution in [0, 0.1) is 0 Å². The van der Waals surface area contributed by atoms with Crippen LogP contribution in [0.25, 0.3) is 6.08 Å². The molecule has 0 radical (unpaired) electrons. The second kappa shape index (κ2) is 18.5. The van der Waals surface area contributed by atoms with Crippen LogP contribution in [0.15, 0.2) is 77.8 Å². The second-order valence-corrected chi connectivity index (χ2v) is 10.9. The molecular formula is C37H47NO4. The van der Waals surface area contributed by atoms with Crippen molar-refractivity contribution in [3.63, 3.8) is 0 Å². The van der Waals surface area contributed by atoms with Gasteiger partial charge in [-0.3, -0.25) is 9.79 Å². The van der Waals surface area contributed by atoms with E-state index in [0.717, 1.165) is 24.3 Å². The van der Waals surface area contributed by atoms with Gasteiger partial charge in [-0.2, -0.15) is 0 Å². The van der Waals surface area contributed by atoms with Crippen molar-refractivity contribution in [2.24, 2.45) is 4.99 Å². The van der Waals surface area contributed by atoms with Crippen LogP contribution in [-0.4, -0.2) is 28.3 Å².